The Balaban J connectivity index is 2.51. The van der Waals surface area contributed by atoms with Crippen molar-refractivity contribution in [3.8, 4) is 5.75 Å². The minimum Gasteiger partial charge on any atom is -0.496 e. The second-order valence-corrected chi connectivity index (χ2v) is 5.60. The molecule has 2 rings (SSSR count). The van der Waals surface area contributed by atoms with Gasteiger partial charge in [0, 0.05) is 10.0 Å². The summed E-state index contributed by atoms with van der Waals surface area (Å²) in [5, 5.41) is 0. The van der Waals surface area contributed by atoms with Crippen molar-refractivity contribution in [2.24, 2.45) is 5.73 Å². The lowest BCUT2D eigenvalue weighted by Gasteiger charge is -2.18. The Kier molecular flexibility index (Phi) is 4.27. The van der Waals surface area contributed by atoms with Crippen LogP contribution in [0.3, 0.4) is 0 Å². The second-order valence-electron chi connectivity index (χ2n) is 4.75. The Hall–Kier alpha value is -1.32. The molecule has 0 aromatic heterocycles. The Labute approximate surface area is 122 Å². The minimum absolute atomic E-state index is 0.205. The molecular weight excluding hydrogens is 302 g/mol. The van der Waals surface area contributed by atoms with Crippen LogP contribution in [0.4, 0.5) is 0 Å². The van der Waals surface area contributed by atoms with Gasteiger partial charge in [-0.3, -0.25) is 0 Å². The molecule has 0 saturated carbocycles. The fraction of sp³-hybridized carbons (Fsp3) is 0.250. The van der Waals surface area contributed by atoms with Crippen molar-refractivity contribution in [1.29, 1.82) is 0 Å². The van der Waals surface area contributed by atoms with Gasteiger partial charge >= 0.3 is 0 Å². The van der Waals surface area contributed by atoms with Crippen molar-refractivity contribution in [3.05, 3.63) is 63.1 Å². The smallest absolute Gasteiger partial charge is 0.123 e. The first-order chi connectivity index (χ1) is 9.02. The number of methoxy groups -OCH3 is 1. The molecule has 2 aromatic carbocycles. The van der Waals surface area contributed by atoms with Crippen LogP contribution < -0.4 is 10.5 Å². The first-order valence-electron chi connectivity index (χ1n) is 6.19. The van der Waals surface area contributed by atoms with Crippen LogP contribution in [0, 0.1) is 13.8 Å². The Morgan fingerprint density at radius 2 is 1.58 bits per heavy atom. The normalized spacial score (nSPS) is 12.3. The quantitative estimate of drug-likeness (QED) is 0.923. The van der Waals surface area contributed by atoms with E-state index in [4.69, 9.17) is 10.5 Å². The zero-order valence-electron chi connectivity index (χ0n) is 11.4. The van der Waals surface area contributed by atoms with E-state index in [0.717, 1.165) is 21.3 Å². The van der Waals surface area contributed by atoms with Crippen molar-refractivity contribution in [3.63, 3.8) is 0 Å². The molecule has 0 bridgehead atoms. The molecule has 3 heteroatoms. The molecule has 2 aromatic rings. The molecule has 1 atom stereocenters. The number of ether oxygens (including phenoxy) is 1. The van der Waals surface area contributed by atoms with Crippen molar-refractivity contribution in [2.75, 3.05) is 7.11 Å². The highest BCUT2D eigenvalue weighted by atomic mass is 79.9. The van der Waals surface area contributed by atoms with Gasteiger partial charge in [-0.1, -0.05) is 51.3 Å². The Morgan fingerprint density at radius 3 is 2.21 bits per heavy atom. The molecule has 0 spiro atoms. The molecule has 0 aliphatic carbocycles. The maximum atomic E-state index is 6.42. The van der Waals surface area contributed by atoms with Gasteiger partial charge in [0.25, 0.3) is 0 Å². The van der Waals surface area contributed by atoms with Gasteiger partial charge in [0.15, 0.2) is 0 Å². The van der Waals surface area contributed by atoms with E-state index in [0.29, 0.717) is 0 Å². The molecule has 2 N–H and O–H groups in total. The highest BCUT2D eigenvalue weighted by molar-refractivity contribution is 9.10. The average molecular weight is 320 g/mol. The summed E-state index contributed by atoms with van der Waals surface area (Å²) in [6.07, 6.45) is 0. The van der Waals surface area contributed by atoms with Crippen LogP contribution in [0.25, 0.3) is 0 Å². The summed E-state index contributed by atoms with van der Waals surface area (Å²) < 4.78 is 6.44. The first kappa shape index (κ1) is 14.1. The molecule has 19 heavy (non-hydrogen) atoms. The summed E-state index contributed by atoms with van der Waals surface area (Å²) in [7, 11) is 1.67. The van der Waals surface area contributed by atoms with Crippen molar-refractivity contribution in [2.45, 2.75) is 19.9 Å². The molecule has 100 valence electrons. The van der Waals surface area contributed by atoms with Crippen LogP contribution in [-0.2, 0) is 0 Å². The first-order valence-corrected chi connectivity index (χ1v) is 6.98. The third-order valence-electron chi connectivity index (χ3n) is 3.21. The highest BCUT2D eigenvalue weighted by Gasteiger charge is 2.16. The van der Waals surface area contributed by atoms with E-state index in [1.807, 2.05) is 18.2 Å². The predicted molar refractivity (Wildman–Crippen MR) is 82.6 cm³/mol. The topological polar surface area (TPSA) is 35.2 Å². The number of benzene rings is 2. The van der Waals surface area contributed by atoms with E-state index in [2.05, 4.69) is 48.0 Å². The SMILES string of the molecule is COc1ccc(C)cc1C(N)c1cc(C)ccc1Br. The highest BCUT2D eigenvalue weighted by Crippen LogP contribution is 2.33. The van der Waals surface area contributed by atoms with E-state index in [-0.39, 0.29) is 6.04 Å². The van der Waals surface area contributed by atoms with Crippen LogP contribution >= 0.6 is 15.9 Å². The van der Waals surface area contributed by atoms with Crippen molar-refractivity contribution in [1.82, 2.24) is 0 Å². The third-order valence-corrected chi connectivity index (χ3v) is 3.93. The van der Waals surface area contributed by atoms with Gasteiger partial charge in [-0.15, -0.1) is 0 Å². The van der Waals surface area contributed by atoms with E-state index >= 15 is 0 Å². The summed E-state index contributed by atoms with van der Waals surface area (Å²) in [5.41, 5.74) is 10.9. The molecule has 0 saturated heterocycles. The van der Waals surface area contributed by atoms with Crippen molar-refractivity contribution >= 4 is 15.9 Å². The van der Waals surface area contributed by atoms with Crippen molar-refractivity contribution < 1.29 is 4.74 Å². The standard InChI is InChI=1S/C16H18BrNO/c1-10-4-6-14(17)12(8-10)16(18)13-9-11(2)5-7-15(13)19-3/h4-9,16H,18H2,1-3H3. The molecule has 0 radical (unpaired) electrons. The molecule has 0 aliphatic rings. The van der Waals surface area contributed by atoms with Crippen LogP contribution in [0.2, 0.25) is 0 Å². The Bertz CT molecular complexity index is 595. The van der Waals surface area contributed by atoms with Gasteiger partial charge in [-0.05, 0) is 31.5 Å². The lowest BCUT2D eigenvalue weighted by atomic mass is 9.96. The van der Waals surface area contributed by atoms with Gasteiger partial charge in [-0.2, -0.15) is 0 Å². The Morgan fingerprint density at radius 1 is 1.00 bits per heavy atom. The monoisotopic (exact) mass is 319 g/mol. The lowest BCUT2D eigenvalue weighted by Crippen LogP contribution is -2.14. The number of nitrogens with two attached hydrogens (primary N) is 1. The second kappa shape index (κ2) is 5.76. The molecule has 1 unspecified atom stereocenters. The van der Waals surface area contributed by atoms with Gasteiger partial charge in [0.05, 0.1) is 13.2 Å². The summed E-state index contributed by atoms with van der Waals surface area (Å²) in [4.78, 5) is 0. The fourth-order valence-corrected chi connectivity index (χ4v) is 2.66. The van der Waals surface area contributed by atoms with Crippen LogP contribution in [0.1, 0.15) is 28.3 Å². The number of hydrogen-bond donors (Lipinski definition) is 1. The molecule has 2 nitrogen and oxygen atoms in total. The van der Waals surface area contributed by atoms with Crippen LogP contribution in [0.5, 0.6) is 5.75 Å². The summed E-state index contributed by atoms with van der Waals surface area (Å²) in [6, 6.07) is 12.1. The third kappa shape index (κ3) is 2.99. The summed E-state index contributed by atoms with van der Waals surface area (Å²) >= 11 is 3.57. The molecule has 0 heterocycles. The van der Waals surface area contributed by atoms with Crippen LogP contribution in [-0.4, -0.2) is 7.11 Å². The number of aryl methyl sites for hydroxylation is 2. The van der Waals surface area contributed by atoms with E-state index in [1.54, 1.807) is 7.11 Å². The number of rotatable bonds is 3. The zero-order chi connectivity index (χ0) is 14.0. The average Bonchev–Trinajstić information content (AvgIpc) is 2.40. The number of hydrogen-bond acceptors (Lipinski definition) is 2. The summed E-state index contributed by atoms with van der Waals surface area (Å²) in [5.74, 6) is 0.825. The molecular formula is C16H18BrNO. The maximum Gasteiger partial charge on any atom is 0.123 e. The minimum atomic E-state index is -0.205. The lowest BCUT2D eigenvalue weighted by molar-refractivity contribution is 0.407. The van der Waals surface area contributed by atoms with Gasteiger partial charge < -0.3 is 10.5 Å². The van der Waals surface area contributed by atoms with E-state index < -0.39 is 0 Å². The number of halogens is 1. The van der Waals surface area contributed by atoms with E-state index in [9.17, 15) is 0 Å². The maximum absolute atomic E-state index is 6.42. The van der Waals surface area contributed by atoms with Crippen LogP contribution in [0.15, 0.2) is 40.9 Å². The molecule has 0 fully saturated rings. The van der Waals surface area contributed by atoms with Gasteiger partial charge in [0.1, 0.15) is 5.75 Å². The van der Waals surface area contributed by atoms with Gasteiger partial charge in [-0.25, -0.2) is 0 Å². The molecule has 0 aliphatic heterocycles. The molecule has 0 amide bonds. The summed E-state index contributed by atoms with van der Waals surface area (Å²) in [6.45, 7) is 4.12. The van der Waals surface area contributed by atoms with E-state index in [1.165, 1.54) is 11.1 Å². The zero-order valence-corrected chi connectivity index (χ0v) is 13.0. The largest absolute Gasteiger partial charge is 0.496 e. The fourth-order valence-electron chi connectivity index (χ4n) is 2.17. The predicted octanol–water partition coefficient (Wildman–Crippen LogP) is 4.12. The van der Waals surface area contributed by atoms with Gasteiger partial charge in [0.2, 0.25) is 0 Å².